The first-order valence-corrected chi connectivity index (χ1v) is 6.66. The van der Waals surface area contributed by atoms with Gasteiger partial charge in [-0.15, -0.1) is 6.42 Å². The smallest absolute Gasteiger partial charge is 0.222 e. The molecule has 0 aromatic heterocycles. The van der Waals surface area contributed by atoms with Gasteiger partial charge < -0.3 is 15.2 Å². The van der Waals surface area contributed by atoms with Gasteiger partial charge in [0.1, 0.15) is 6.61 Å². The average Bonchev–Trinajstić information content (AvgIpc) is 2.44. The maximum absolute atomic E-state index is 11.6. The summed E-state index contributed by atoms with van der Waals surface area (Å²) in [5, 5.41) is 12.8. The van der Waals surface area contributed by atoms with Crippen LogP contribution in [0.15, 0.2) is 30.3 Å². The van der Waals surface area contributed by atoms with Crippen molar-refractivity contribution < 1.29 is 14.6 Å². The van der Waals surface area contributed by atoms with Crippen molar-refractivity contribution in [2.45, 2.75) is 31.9 Å². The van der Waals surface area contributed by atoms with Crippen LogP contribution in [0.2, 0.25) is 0 Å². The second-order valence-electron chi connectivity index (χ2n) is 4.62. The number of ether oxygens (including phenoxy) is 1. The van der Waals surface area contributed by atoms with Crippen molar-refractivity contribution >= 4 is 5.91 Å². The van der Waals surface area contributed by atoms with Crippen LogP contribution in [0.1, 0.15) is 18.9 Å². The van der Waals surface area contributed by atoms with Crippen molar-refractivity contribution in [3.05, 3.63) is 35.9 Å². The molecule has 2 unspecified atom stereocenters. The van der Waals surface area contributed by atoms with Crippen molar-refractivity contribution in [3.8, 4) is 12.3 Å². The summed E-state index contributed by atoms with van der Waals surface area (Å²) in [5.74, 6) is 2.18. The molecule has 0 heterocycles. The van der Waals surface area contributed by atoms with Gasteiger partial charge in [-0.1, -0.05) is 36.3 Å². The van der Waals surface area contributed by atoms with Gasteiger partial charge in [-0.3, -0.25) is 4.79 Å². The van der Waals surface area contributed by atoms with E-state index in [1.54, 1.807) is 6.92 Å². The summed E-state index contributed by atoms with van der Waals surface area (Å²) in [4.78, 5) is 11.6. The maximum atomic E-state index is 11.6. The van der Waals surface area contributed by atoms with E-state index in [2.05, 4.69) is 11.2 Å². The van der Waals surface area contributed by atoms with E-state index in [-0.39, 0.29) is 31.6 Å². The normalized spacial score (nSPS) is 13.2. The maximum Gasteiger partial charge on any atom is 0.222 e. The van der Waals surface area contributed by atoms with Gasteiger partial charge in [0, 0.05) is 6.42 Å². The molecule has 0 aliphatic carbocycles. The Morgan fingerprint density at radius 3 is 2.80 bits per heavy atom. The lowest BCUT2D eigenvalue weighted by Gasteiger charge is -2.20. The molecule has 0 aliphatic rings. The fraction of sp³-hybridized carbons (Fsp3) is 0.438. The minimum absolute atomic E-state index is 0.151. The highest BCUT2D eigenvalue weighted by atomic mass is 16.5. The van der Waals surface area contributed by atoms with Gasteiger partial charge >= 0.3 is 0 Å². The number of aliphatic hydroxyl groups excluding tert-OH is 1. The Morgan fingerprint density at radius 2 is 2.15 bits per heavy atom. The SMILES string of the molecule is C#CCOCCC(=O)NC(C)C(O)Cc1ccccc1. The number of rotatable bonds is 8. The molecular formula is C16H21NO3. The van der Waals surface area contributed by atoms with E-state index in [4.69, 9.17) is 11.2 Å². The van der Waals surface area contributed by atoms with Crippen LogP contribution in [0.4, 0.5) is 0 Å². The molecule has 2 N–H and O–H groups in total. The van der Waals surface area contributed by atoms with E-state index in [1.807, 2.05) is 30.3 Å². The molecule has 1 amide bonds. The van der Waals surface area contributed by atoms with Crippen LogP contribution in [0.25, 0.3) is 0 Å². The van der Waals surface area contributed by atoms with Gasteiger partial charge in [-0.25, -0.2) is 0 Å². The Morgan fingerprint density at radius 1 is 1.45 bits per heavy atom. The zero-order valence-corrected chi connectivity index (χ0v) is 11.7. The third-order valence-corrected chi connectivity index (χ3v) is 2.91. The number of carbonyl (C=O) groups excluding carboxylic acids is 1. The Labute approximate surface area is 120 Å². The molecule has 108 valence electrons. The van der Waals surface area contributed by atoms with Gasteiger partial charge in [-0.2, -0.15) is 0 Å². The van der Waals surface area contributed by atoms with Crippen LogP contribution in [0.5, 0.6) is 0 Å². The van der Waals surface area contributed by atoms with E-state index in [9.17, 15) is 9.90 Å². The third-order valence-electron chi connectivity index (χ3n) is 2.91. The van der Waals surface area contributed by atoms with E-state index in [0.717, 1.165) is 5.56 Å². The molecular weight excluding hydrogens is 254 g/mol. The Hall–Kier alpha value is -1.83. The molecule has 2 atom stereocenters. The topological polar surface area (TPSA) is 58.6 Å². The molecule has 0 aliphatic heterocycles. The summed E-state index contributed by atoms with van der Waals surface area (Å²) in [5.41, 5.74) is 1.04. The lowest BCUT2D eigenvalue weighted by molar-refractivity contribution is -0.123. The van der Waals surface area contributed by atoms with Crippen molar-refractivity contribution in [1.29, 1.82) is 0 Å². The molecule has 1 aromatic rings. The molecule has 4 heteroatoms. The molecule has 0 bridgehead atoms. The van der Waals surface area contributed by atoms with Crippen LogP contribution < -0.4 is 5.32 Å². The number of terminal acetylenes is 1. The standard InChI is InChI=1S/C16H21NO3/c1-3-10-20-11-9-16(19)17-13(2)15(18)12-14-7-5-4-6-8-14/h1,4-8,13,15,18H,9-12H2,2H3,(H,17,19). The predicted molar refractivity (Wildman–Crippen MR) is 78.0 cm³/mol. The molecule has 4 nitrogen and oxygen atoms in total. The molecule has 0 saturated heterocycles. The highest BCUT2D eigenvalue weighted by molar-refractivity contribution is 5.76. The van der Waals surface area contributed by atoms with E-state index in [0.29, 0.717) is 6.42 Å². The second kappa shape index (κ2) is 9.13. The first-order valence-electron chi connectivity index (χ1n) is 6.66. The minimum atomic E-state index is -0.618. The first-order chi connectivity index (χ1) is 9.63. The van der Waals surface area contributed by atoms with Crippen LogP contribution in [0, 0.1) is 12.3 Å². The quantitative estimate of drug-likeness (QED) is 0.552. The van der Waals surface area contributed by atoms with Gasteiger partial charge in [0.05, 0.1) is 25.2 Å². The number of aliphatic hydroxyl groups is 1. The first kappa shape index (κ1) is 16.2. The fourth-order valence-electron chi connectivity index (χ4n) is 1.75. The molecule has 20 heavy (non-hydrogen) atoms. The summed E-state index contributed by atoms with van der Waals surface area (Å²) in [6.07, 6.45) is 5.16. The predicted octanol–water partition coefficient (Wildman–Crippen LogP) is 1.13. The van der Waals surface area contributed by atoms with Gasteiger partial charge in [0.15, 0.2) is 0 Å². The van der Waals surface area contributed by atoms with E-state index >= 15 is 0 Å². The molecule has 0 fully saturated rings. The molecule has 1 aromatic carbocycles. The van der Waals surface area contributed by atoms with Gasteiger partial charge in [0.2, 0.25) is 5.91 Å². The number of amides is 1. The minimum Gasteiger partial charge on any atom is -0.391 e. The number of benzene rings is 1. The molecule has 0 radical (unpaired) electrons. The van der Waals surface area contributed by atoms with Crippen LogP contribution in [-0.2, 0) is 16.0 Å². The van der Waals surface area contributed by atoms with Crippen molar-refractivity contribution in [2.24, 2.45) is 0 Å². The monoisotopic (exact) mass is 275 g/mol. The second-order valence-corrected chi connectivity index (χ2v) is 4.62. The van der Waals surface area contributed by atoms with Gasteiger partial charge in [-0.05, 0) is 12.5 Å². The Bertz CT molecular complexity index is 439. The molecule has 1 rings (SSSR count). The average molecular weight is 275 g/mol. The van der Waals surface area contributed by atoms with Crippen LogP contribution >= 0.6 is 0 Å². The number of hydrogen-bond donors (Lipinski definition) is 2. The lowest BCUT2D eigenvalue weighted by atomic mass is 10.0. The molecule has 0 saturated carbocycles. The summed E-state index contributed by atoms with van der Waals surface area (Å²) in [6, 6.07) is 9.37. The fourth-order valence-corrected chi connectivity index (χ4v) is 1.75. The highest BCUT2D eigenvalue weighted by Gasteiger charge is 2.16. The number of hydrogen-bond acceptors (Lipinski definition) is 3. The summed E-state index contributed by atoms with van der Waals surface area (Å²) in [6.45, 7) is 2.28. The largest absolute Gasteiger partial charge is 0.391 e. The van der Waals surface area contributed by atoms with Crippen molar-refractivity contribution in [3.63, 3.8) is 0 Å². The van der Waals surface area contributed by atoms with Crippen LogP contribution in [0.3, 0.4) is 0 Å². The van der Waals surface area contributed by atoms with Crippen molar-refractivity contribution in [2.75, 3.05) is 13.2 Å². The lowest BCUT2D eigenvalue weighted by Crippen LogP contribution is -2.42. The Balaban J connectivity index is 2.29. The highest BCUT2D eigenvalue weighted by Crippen LogP contribution is 2.06. The zero-order valence-electron chi connectivity index (χ0n) is 11.7. The number of carbonyl (C=O) groups is 1. The van der Waals surface area contributed by atoms with E-state index in [1.165, 1.54) is 0 Å². The molecule has 0 spiro atoms. The Kier molecular flexibility index (Phi) is 7.41. The van der Waals surface area contributed by atoms with Crippen LogP contribution in [-0.4, -0.2) is 36.4 Å². The van der Waals surface area contributed by atoms with Crippen molar-refractivity contribution in [1.82, 2.24) is 5.32 Å². The summed E-state index contributed by atoms with van der Waals surface area (Å²) in [7, 11) is 0. The van der Waals surface area contributed by atoms with Gasteiger partial charge in [0.25, 0.3) is 0 Å². The summed E-state index contributed by atoms with van der Waals surface area (Å²) < 4.78 is 5.03. The third kappa shape index (κ3) is 6.37. The number of nitrogens with one attached hydrogen (secondary N) is 1. The summed E-state index contributed by atoms with van der Waals surface area (Å²) >= 11 is 0. The zero-order chi connectivity index (χ0) is 14.8. The van der Waals surface area contributed by atoms with E-state index < -0.39 is 6.10 Å².